The van der Waals surface area contributed by atoms with Gasteiger partial charge in [0.1, 0.15) is 11.6 Å². The van der Waals surface area contributed by atoms with E-state index in [0.717, 1.165) is 0 Å². The predicted octanol–water partition coefficient (Wildman–Crippen LogP) is 1.97. The van der Waals surface area contributed by atoms with E-state index in [4.69, 9.17) is 0 Å². The first kappa shape index (κ1) is 10.3. The molecule has 0 fully saturated rings. The number of carbonyl (C=O) groups excluding carboxylic acids is 2. The molecule has 0 aromatic rings. The van der Waals surface area contributed by atoms with Gasteiger partial charge in [-0.1, -0.05) is 13.8 Å². The zero-order valence-corrected chi connectivity index (χ0v) is 7.73. The van der Waals surface area contributed by atoms with Gasteiger partial charge in [-0.2, -0.15) is 0 Å². The topological polar surface area (TPSA) is 34.1 Å². The lowest BCUT2D eigenvalue weighted by Crippen LogP contribution is -2.32. The van der Waals surface area contributed by atoms with Crippen LogP contribution in [0.5, 0.6) is 0 Å². The van der Waals surface area contributed by atoms with Crippen LogP contribution in [0.25, 0.3) is 0 Å². The van der Waals surface area contributed by atoms with Crippen LogP contribution in [0.4, 0.5) is 0 Å². The number of rotatable bonds is 4. The minimum atomic E-state index is -0.760. The Morgan fingerprint density at radius 2 is 1.27 bits per heavy atom. The molecular weight excluding hydrogens is 140 g/mol. The van der Waals surface area contributed by atoms with Crippen molar-refractivity contribution < 1.29 is 9.59 Å². The van der Waals surface area contributed by atoms with Crippen molar-refractivity contribution in [2.75, 3.05) is 0 Å². The van der Waals surface area contributed by atoms with E-state index in [1.54, 1.807) is 27.7 Å². The van der Waals surface area contributed by atoms with Gasteiger partial charge in [0, 0.05) is 12.8 Å². The molecular formula is C9H16O2. The summed E-state index contributed by atoms with van der Waals surface area (Å²) in [5, 5.41) is 0. The maximum absolute atomic E-state index is 11.2. The third-order valence-corrected chi connectivity index (χ3v) is 2.04. The number of carbonyl (C=O) groups is 2. The fourth-order valence-electron chi connectivity index (χ4n) is 1.04. The largest absolute Gasteiger partial charge is 0.299 e. The minimum absolute atomic E-state index is 0.0318. The summed E-state index contributed by atoms with van der Waals surface area (Å²) < 4.78 is 0. The van der Waals surface area contributed by atoms with Gasteiger partial charge in [0.05, 0.1) is 5.41 Å². The molecule has 0 aromatic heterocycles. The lowest BCUT2D eigenvalue weighted by atomic mass is 9.81. The van der Waals surface area contributed by atoms with Crippen molar-refractivity contribution in [3.05, 3.63) is 0 Å². The average molecular weight is 156 g/mol. The number of hydrogen-bond donors (Lipinski definition) is 0. The Morgan fingerprint density at radius 3 is 1.45 bits per heavy atom. The first-order valence-corrected chi connectivity index (χ1v) is 4.03. The van der Waals surface area contributed by atoms with Gasteiger partial charge >= 0.3 is 0 Å². The van der Waals surface area contributed by atoms with Crippen LogP contribution >= 0.6 is 0 Å². The van der Waals surface area contributed by atoms with E-state index < -0.39 is 5.41 Å². The van der Waals surface area contributed by atoms with Crippen molar-refractivity contribution in [1.29, 1.82) is 0 Å². The maximum atomic E-state index is 11.2. The summed E-state index contributed by atoms with van der Waals surface area (Å²) in [6.07, 6.45) is 0.886. The Bertz CT molecular complexity index is 150. The first-order valence-electron chi connectivity index (χ1n) is 4.03. The molecule has 11 heavy (non-hydrogen) atoms. The van der Waals surface area contributed by atoms with Gasteiger partial charge in [-0.15, -0.1) is 0 Å². The van der Waals surface area contributed by atoms with Gasteiger partial charge in [-0.25, -0.2) is 0 Å². The van der Waals surface area contributed by atoms with Crippen molar-refractivity contribution in [1.82, 2.24) is 0 Å². The summed E-state index contributed by atoms with van der Waals surface area (Å²) in [6, 6.07) is 0. The van der Waals surface area contributed by atoms with Crippen LogP contribution in [0.3, 0.4) is 0 Å². The molecule has 0 spiro atoms. The van der Waals surface area contributed by atoms with Gasteiger partial charge in [-0.05, 0) is 13.8 Å². The van der Waals surface area contributed by atoms with E-state index in [-0.39, 0.29) is 11.6 Å². The van der Waals surface area contributed by atoms with Gasteiger partial charge in [0.2, 0.25) is 0 Å². The van der Waals surface area contributed by atoms with Crippen molar-refractivity contribution in [3.8, 4) is 0 Å². The normalized spacial score (nSPS) is 11.3. The summed E-state index contributed by atoms with van der Waals surface area (Å²) >= 11 is 0. The van der Waals surface area contributed by atoms with Gasteiger partial charge in [-0.3, -0.25) is 9.59 Å². The van der Waals surface area contributed by atoms with E-state index in [1.807, 2.05) is 0 Å². The first-order chi connectivity index (χ1) is 4.96. The second kappa shape index (κ2) is 3.65. The molecule has 0 aliphatic carbocycles. The molecule has 0 atom stereocenters. The standard InChI is InChI=1S/C9H16O2/c1-5-7(10)9(3,4)8(11)6-2/h5-6H2,1-4H3. The summed E-state index contributed by atoms with van der Waals surface area (Å²) in [6.45, 7) is 6.97. The van der Waals surface area contributed by atoms with Gasteiger partial charge in [0.15, 0.2) is 0 Å². The molecule has 0 unspecified atom stereocenters. The van der Waals surface area contributed by atoms with Crippen LogP contribution in [-0.4, -0.2) is 11.6 Å². The summed E-state index contributed by atoms with van der Waals surface area (Å²) in [5.41, 5.74) is -0.760. The second-order valence-corrected chi connectivity index (χ2v) is 3.18. The van der Waals surface area contributed by atoms with Gasteiger partial charge in [0.25, 0.3) is 0 Å². The van der Waals surface area contributed by atoms with Crippen LogP contribution < -0.4 is 0 Å². The molecule has 0 amide bonds. The number of Topliss-reactive ketones (excluding diaryl/α,β-unsaturated/α-hetero) is 2. The van der Waals surface area contributed by atoms with E-state index in [9.17, 15) is 9.59 Å². The highest BCUT2D eigenvalue weighted by Crippen LogP contribution is 2.21. The fourth-order valence-corrected chi connectivity index (χ4v) is 1.04. The third kappa shape index (κ3) is 2.14. The molecule has 0 heterocycles. The van der Waals surface area contributed by atoms with Crippen molar-refractivity contribution in [3.63, 3.8) is 0 Å². The Kier molecular flexibility index (Phi) is 3.43. The van der Waals surface area contributed by atoms with E-state index in [2.05, 4.69) is 0 Å². The van der Waals surface area contributed by atoms with Crippen LogP contribution in [0.2, 0.25) is 0 Å². The quantitative estimate of drug-likeness (QED) is 0.583. The Balaban J connectivity index is 4.44. The number of ketones is 2. The number of hydrogen-bond acceptors (Lipinski definition) is 2. The Labute approximate surface area is 68.0 Å². The fraction of sp³-hybridized carbons (Fsp3) is 0.778. The highest BCUT2D eigenvalue weighted by Gasteiger charge is 2.32. The van der Waals surface area contributed by atoms with Crippen LogP contribution in [0, 0.1) is 5.41 Å². The molecule has 2 nitrogen and oxygen atoms in total. The molecule has 64 valence electrons. The average Bonchev–Trinajstić information content (AvgIpc) is 2.01. The van der Waals surface area contributed by atoms with E-state index in [0.29, 0.717) is 12.8 Å². The smallest absolute Gasteiger partial charge is 0.145 e. The zero-order valence-electron chi connectivity index (χ0n) is 7.73. The Morgan fingerprint density at radius 1 is 1.00 bits per heavy atom. The lowest BCUT2D eigenvalue weighted by molar-refractivity contribution is -0.138. The monoisotopic (exact) mass is 156 g/mol. The molecule has 0 saturated heterocycles. The zero-order chi connectivity index (χ0) is 9.07. The predicted molar refractivity (Wildman–Crippen MR) is 44.4 cm³/mol. The molecule has 0 N–H and O–H groups in total. The highest BCUT2D eigenvalue weighted by molar-refractivity contribution is 6.05. The molecule has 0 saturated carbocycles. The maximum Gasteiger partial charge on any atom is 0.145 e. The van der Waals surface area contributed by atoms with Crippen LogP contribution in [0.1, 0.15) is 40.5 Å². The van der Waals surface area contributed by atoms with Crippen LogP contribution in [0.15, 0.2) is 0 Å². The minimum Gasteiger partial charge on any atom is -0.299 e. The molecule has 0 radical (unpaired) electrons. The molecule has 0 bridgehead atoms. The SMILES string of the molecule is CCC(=O)C(C)(C)C(=O)CC. The molecule has 0 aromatic carbocycles. The Hall–Kier alpha value is -0.660. The van der Waals surface area contributed by atoms with Crippen molar-refractivity contribution in [2.24, 2.45) is 5.41 Å². The summed E-state index contributed by atoms with van der Waals surface area (Å²) in [7, 11) is 0. The third-order valence-electron chi connectivity index (χ3n) is 2.04. The second-order valence-electron chi connectivity index (χ2n) is 3.18. The van der Waals surface area contributed by atoms with Crippen LogP contribution in [-0.2, 0) is 9.59 Å². The highest BCUT2D eigenvalue weighted by atomic mass is 16.2. The van der Waals surface area contributed by atoms with Crippen molar-refractivity contribution >= 4 is 11.6 Å². The molecule has 0 aliphatic heterocycles. The van der Waals surface area contributed by atoms with E-state index in [1.165, 1.54) is 0 Å². The van der Waals surface area contributed by atoms with Crippen molar-refractivity contribution in [2.45, 2.75) is 40.5 Å². The molecule has 0 rings (SSSR count). The van der Waals surface area contributed by atoms with E-state index >= 15 is 0 Å². The summed E-state index contributed by atoms with van der Waals surface area (Å²) in [4.78, 5) is 22.4. The summed E-state index contributed by atoms with van der Waals surface area (Å²) in [5.74, 6) is 0.0636. The lowest BCUT2D eigenvalue weighted by Gasteiger charge is -2.19. The molecule has 0 aliphatic rings. The molecule has 2 heteroatoms. The van der Waals surface area contributed by atoms with Gasteiger partial charge < -0.3 is 0 Å².